The van der Waals surface area contributed by atoms with Crippen LogP contribution in [-0.4, -0.2) is 71.8 Å². The Balaban J connectivity index is 1.43. The Labute approximate surface area is 183 Å². The number of aryl methyl sites for hydroxylation is 1. The van der Waals surface area contributed by atoms with Crippen molar-refractivity contribution >= 4 is 17.2 Å². The molecule has 3 heterocycles. The molecule has 3 rings (SSSR count). The highest BCUT2D eigenvalue weighted by Crippen LogP contribution is 2.21. The Hall–Kier alpha value is -1.77. The number of ether oxygens (including phenoxy) is 1. The number of rotatable bonds is 13. The number of unbranched alkanes of at least 4 members (excludes halogenated alkanes) is 3. The Morgan fingerprint density at radius 2 is 2.07 bits per heavy atom. The van der Waals surface area contributed by atoms with Gasteiger partial charge in [-0.05, 0) is 24.3 Å². The van der Waals surface area contributed by atoms with Crippen LogP contribution in [0.2, 0.25) is 0 Å². The van der Waals surface area contributed by atoms with Gasteiger partial charge in [0.15, 0.2) is 0 Å². The molecule has 0 spiro atoms. The van der Waals surface area contributed by atoms with Gasteiger partial charge in [0.05, 0.1) is 18.1 Å². The van der Waals surface area contributed by atoms with E-state index < -0.39 is 0 Å². The van der Waals surface area contributed by atoms with Gasteiger partial charge in [0.2, 0.25) is 17.6 Å². The first-order valence-electron chi connectivity index (χ1n) is 11.2. The van der Waals surface area contributed by atoms with E-state index in [1.165, 1.54) is 19.3 Å². The van der Waals surface area contributed by atoms with Crippen LogP contribution >= 0.6 is 11.3 Å². The summed E-state index contributed by atoms with van der Waals surface area (Å²) in [5, 5.41) is 6.04. The quantitative estimate of drug-likeness (QED) is 0.446. The Morgan fingerprint density at radius 1 is 1.20 bits per heavy atom. The lowest BCUT2D eigenvalue weighted by molar-refractivity contribution is -0.131. The normalized spacial score (nSPS) is 14.8. The molecule has 1 aliphatic heterocycles. The second-order valence-corrected chi connectivity index (χ2v) is 8.69. The van der Waals surface area contributed by atoms with E-state index in [4.69, 9.17) is 9.26 Å². The van der Waals surface area contributed by atoms with Gasteiger partial charge in [-0.3, -0.25) is 9.69 Å². The average molecular weight is 435 g/mol. The molecule has 0 bridgehead atoms. The first kappa shape index (κ1) is 22.9. The lowest BCUT2D eigenvalue weighted by Gasteiger charge is -2.30. The van der Waals surface area contributed by atoms with Gasteiger partial charge in [-0.1, -0.05) is 37.4 Å². The summed E-state index contributed by atoms with van der Waals surface area (Å²) in [5.74, 6) is 1.47. The predicted octanol–water partition coefficient (Wildman–Crippen LogP) is 3.86. The molecule has 1 amide bonds. The predicted molar refractivity (Wildman–Crippen MR) is 119 cm³/mol. The van der Waals surface area contributed by atoms with Crippen molar-refractivity contribution in [3.8, 4) is 10.7 Å². The molecule has 0 N–H and O–H groups in total. The second-order valence-electron chi connectivity index (χ2n) is 7.74. The Kier molecular flexibility index (Phi) is 9.79. The number of aromatic nitrogens is 2. The van der Waals surface area contributed by atoms with Gasteiger partial charge >= 0.3 is 0 Å². The maximum absolute atomic E-state index is 12.9. The van der Waals surface area contributed by atoms with E-state index in [2.05, 4.69) is 26.9 Å². The van der Waals surface area contributed by atoms with Crippen LogP contribution in [0.15, 0.2) is 22.0 Å². The van der Waals surface area contributed by atoms with Crippen LogP contribution < -0.4 is 0 Å². The molecule has 30 heavy (non-hydrogen) atoms. The van der Waals surface area contributed by atoms with Crippen LogP contribution in [0.25, 0.3) is 10.7 Å². The summed E-state index contributed by atoms with van der Waals surface area (Å²) in [4.78, 5) is 22.8. The topological polar surface area (TPSA) is 71.7 Å². The first-order valence-corrected chi connectivity index (χ1v) is 12.1. The lowest BCUT2D eigenvalue weighted by Crippen LogP contribution is -2.43. The minimum absolute atomic E-state index is 0.234. The van der Waals surface area contributed by atoms with E-state index in [0.29, 0.717) is 24.6 Å². The summed E-state index contributed by atoms with van der Waals surface area (Å²) in [6.07, 6.45) is 6.59. The third kappa shape index (κ3) is 7.49. The van der Waals surface area contributed by atoms with E-state index in [1.807, 2.05) is 17.5 Å². The van der Waals surface area contributed by atoms with Crippen molar-refractivity contribution in [1.82, 2.24) is 19.9 Å². The summed E-state index contributed by atoms with van der Waals surface area (Å²) in [6, 6.07) is 3.95. The van der Waals surface area contributed by atoms with Crippen molar-refractivity contribution in [2.45, 2.75) is 51.9 Å². The number of morpholine rings is 1. The fourth-order valence-electron chi connectivity index (χ4n) is 3.59. The molecule has 1 fully saturated rings. The molecule has 0 unspecified atom stereocenters. The number of nitrogens with zero attached hydrogens (tertiary/aromatic N) is 4. The van der Waals surface area contributed by atoms with Crippen molar-refractivity contribution in [2.75, 3.05) is 45.9 Å². The summed E-state index contributed by atoms with van der Waals surface area (Å²) in [5.41, 5.74) is 0. The molecule has 166 valence electrons. The molecule has 2 aromatic heterocycles. The maximum Gasteiger partial charge on any atom is 0.226 e. The number of thiophene rings is 1. The average Bonchev–Trinajstić information content (AvgIpc) is 3.46. The molecule has 0 saturated carbocycles. The lowest BCUT2D eigenvalue weighted by atomic mass is 10.1. The summed E-state index contributed by atoms with van der Waals surface area (Å²) < 4.78 is 10.8. The maximum atomic E-state index is 12.9. The molecule has 0 atom stereocenters. The van der Waals surface area contributed by atoms with E-state index in [0.717, 1.165) is 63.7 Å². The molecule has 0 aliphatic carbocycles. The summed E-state index contributed by atoms with van der Waals surface area (Å²) in [6.45, 7) is 8.30. The van der Waals surface area contributed by atoms with Crippen molar-refractivity contribution in [3.63, 3.8) is 0 Å². The highest BCUT2D eigenvalue weighted by molar-refractivity contribution is 7.13. The van der Waals surface area contributed by atoms with Gasteiger partial charge in [0, 0.05) is 45.6 Å². The van der Waals surface area contributed by atoms with E-state index in [9.17, 15) is 4.79 Å². The fourth-order valence-corrected chi connectivity index (χ4v) is 4.24. The molecule has 7 nitrogen and oxygen atoms in total. The largest absolute Gasteiger partial charge is 0.379 e. The van der Waals surface area contributed by atoms with E-state index >= 15 is 0 Å². The van der Waals surface area contributed by atoms with Gasteiger partial charge < -0.3 is 14.2 Å². The highest BCUT2D eigenvalue weighted by Gasteiger charge is 2.17. The van der Waals surface area contributed by atoms with Crippen LogP contribution in [0.5, 0.6) is 0 Å². The molecule has 1 saturated heterocycles. The number of hydrogen-bond acceptors (Lipinski definition) is 7. The molecule has 1 aliphatic rings. The number of hydrogen-bond donors (Lipinski definition) is 0. The molecular weight excluding hydrogens is 400 g/mol. The van der Waals surface area contributed by atoms with E-state index in [-0.39, 0.29) is 5.91 Å². The van der Waals surface area contributed by atoms with Gasteiger partial charge in [-0.25, -0.2) is 0 Å². The molecule has 0 aromatic carbocycles. The van der Waals surface area contributed by atoms with Crippen LogP contribution in [-0.2, 0) is 16.0 Å². The van der Waals surface area contributed by atoms with Crippen molar-refractivity contribution in [1.29, 1.82) is 0 Å². The molecule has 2 aromatic rings. The molecular formula is C22H34N4O3S. The standard InChI is InChI=1S/C22H34N4O3S/c1-2-3-4-5-11-26(13-12-25-14-16-28-17-15-25)21(27)10-6-9-20-23-22(24-29-20)19-8-7-18-30-19/h7-8,18H,2-6,9-17H2,1H3. The minimum atomic E-state index is 0.234. The minimum Gasteiger partial charge on any atom is -0.379 e. The van der Waals surface area contributed by atoms with Crippen molar-refractivity contribution in [2.24, 2.45) is 0 Å². The van der Waals surface area contributed by atoms with Gasteiger partial charge in [0.1, 0.15) is 0 Å². The summed E-state index contributed by atoms with van der Waals surface area (Å²) in [7, 11) is 0. The zero-order valence-corrected chi connectivity index (χ0v) is 18.9. The fraction of sp³-hybridized carbons (Fsp3) is 0.682. The number of carbonyl (C=O) groups is 1. The highest BCUT2D eigenvalue weighted by atomic mass is 32.1. The van der Waals surface area contributed by atoms with E-state index in [1.54, 1.807) is 11.3 Å². The molecule has 0 radical (unpaired) electrons. The zero-order chi connectivity index (χ0) is 21.0. The number of carbonyl (C=O) groups excluding carboxylic acids is 1. The summed E-state index contributed by atoms with van der Waals surface area (Å²) >= 11 is 1.59. The Bertz CT molecular complexity index is 729. The van der Waals surface area contributed by atoms with Gasteiger partial charge in [-0.2, -0.15) is 4.98 Å². The zero-order valence-electron chi connectivity index (χ0n) is 18.1. The second kappa shape index (κ2) is 12.8. The van der Waals surface area contributed by atoms with Gasteiger partial charge in [0.25, 0.3) is 0 Å². The monoisotopic (exact) mass is 434 g/mol. The van der Waals surface area contributed by atoms with Crippen LogP contribution in [0.3, 0.4) is 0 Å². The Morgan fingerprint density at radius 3 is 2.83 bits per heavy atom. The number of amides is 1. The molecule has 8 heteroatoms. The first-order chi connectivity index (χ1) is 14.8. The van der Waals surface area contributed by atoms with Crippen LogP contribution in [0.4, 0.5) is 0 Å². The third-order valence-electron chi connectivity index (χ3n) is 5.42. The van der Waals surface area contributed by atoms with Crippen LogP contribution in [0.1, 0.15) is 51.3 Å². The third-order valence-corrected chi connectivity index (χ3v) is 6.28. The SMILES string of the molecule is CCCCCCN(CCN1CCOCC1)C(=O)CCCc1nc(-c2cccs2)no1. The smallest absolute Gasteiger partial charge is 0.226 e. The van der Waals surface area contributed by atoms with Crippen LogP contribution in [0, 0.1) is 0 Å². The van der Waals surface area contributed by atoms with Crippen molar-refractivity contribution in [3.05, 3.63) is 23.4 Å². The van der Waals surface area contributed by atoms with Gasteiger partial charge in [-0.15, -0.1) is 11.3 Å². The van der Waals surface area contributed by atoms with Crippen molar-refractivity contribution < 1.29 is 14.1 Å².